The fourth-order valence-corrected chi connectivity index (χ4v) is 2.90. The number of hydrogen-bond acceptors (Lipinski definition) is 4. The van der Waals surface area contributed by atoms with Gasteiger partial charge in [-0.15, -0.1) is 13.2 Å². The van der Waals surface area contributed by atoms with Crippen LogP contribution >= 0.6 is 0 Å². The molecule has 0 aliphatic heterocycles. The summed E-state index contributed by atoms with van der Waals surface area (Å²) in [5, 5.41) is 2.53. The molecule has 1 amide bonds. The minimum atomic E-state index is -4.78. The predicted octanol–water partition coefficient (Wildman–Crippen LogP) is 3.55. The Morgan fingerprint density at radius 3 is 2.07 bits per heavy atom. The highest BCUT2D eigenvalue weighted by Gasteiger charge is 2.31. The second-order valence-electron chi connectivity index (χ2n) is 5.53. The van der Waals surface area contributed by atoms with E-state index in [1.807, 2.05) is 0 Å². The highest BCUT2D eigenvalue weighted by Crippen LogP contribution is 2.23. The zero-order valence-corrected chi connectivity index (χ0v) is 14.9. The van der Waals surface area contributed by atoms with Crippen molar-refractivity contribution in [2.75, 3.05) is 6.54 Å². The number of ether oxygens (including phenoxy) is 1. The van der Waals surface area contributed by atoms with Gasteiger partial charge >= 0.3 is 12.1 Å². The first-order valence-electron chi connectivity index (χ1n) is 7.74. The lowest BCUT2D eigenvalue weighted by atomic mass is 10.1. The number of carbonyl (C=O) groups excluding carboxylic acids is 1. The molecule has 5 nitrogen and oxygen atoms in total. The molecule has 0 spiro atoms. The smallest absolute Gasteiger partial charge is 0.406 e. The third-order valence-corrected chi connectivity index (χ3v) is 4.93. The van der Waals surface area contributed by atoms with Gasteiger partial charge in [-0.25, -0.2) is 8.42 Å². The van der Waals surface area contributed by atoms with E-state index in [1.165, 1.54) is 12.1 Å². The summed E-state index contributed by atoms with van der Waals surface area (Å²) >= 11 is 0. The van der Waals surface area contributed by atoms with E-state index in [9.17, 15) is 35.2 Å². The summed E-state index contributed by atoms with van der Waals surface area (Å²) in [6.45, 7) is 0.148. The molecule has 0 aliphatic rings. The number of alkyl halides is 5. The van der Waals surface area contributed by atoms with E-state index in [2.05, 4.69) is 10.1 Å². The molecule has 152 valence electrons. The van der Waals surface area contributed by atoms with Crippen LogP contribution in [0.4, 0.5) is 22.0 Å². The number of carbonyl (C=O) groups is 1. The lowest BCUT2D eigenvalue weighted by molar-refractivity contribution is -0.274. The van der Waals surface area contributed by atoms with Crippen molar-refractivity contribution >= 4 is 15.7 Å². The minimum absolute atomic E-state index is 0.0714. The molecule has 2 rings (SSSR count). The van der Waals surface area contributed by atoms with Crippen molar-refractivity contribution in [1.82, 2.24) is 5.32 Å². The number of benzene rings is 2. The molecule has 0 saturated carbocycles. The zero-order chi connectivity index (χ0) is 20.9. The van der Waals surface area contributed by atoms with Crippen LogP contribution in [0.5, 0.6) is 5.75 Å². The van der Waals surface area contributed by atoms with Crippen molar-refractivity contribution < 1.29 is 39.9 Å². The number of nitrogens with one attached hydrogen (secondary N) is 1. The molecule has 0 heterocycles. The van der Waals surface area contributed by atoms with E-state index in [1.54, 1.807) is 0 Å². The number of amides is 1. The molecule has 0 atom stereocenters. The van der Waals surface area contributed by atoms with E-state index in [-0.39, 0.29) is 17.9 Å². The summed E-state index contributed by atoms with van der Waals surface area (Å²) < 4.78 is 87.6. The van der Waals surface area contributed by atoms with Gasteiger partial charge in [-0.2, -0.15) is 8.78 Å². The van der Waals surface area contributed by atoms with Crippen LogP contribution in [0.1, 0.15) is 15.9 Å². The maximum atomic E-state index is 12.5. The fourth-order valence-electron chi connectivity index (χ4n) is 2.18. The van der Waals surface area contributed by atoms with Crippen LogP contribution in [0.2, 0.25) is 0 Å². The second-order valence-corrected chi connectivity index (χ2v) is 7.45. The van der Waals surface area contributed by atoms with Gasteiger partial charge in [-0.05, 0) is 48.4 Å². The highest BCUT2D eigenvalue weighted by atomic mass is 32.2. The van der Waals surface area contributed by atoms with Crippen LogP contribution < -0.4 is 10.1 Å². The lowest BCUT2D eigenvalue weighted by Crippen LogP contribution is -2.25. The SMILES string of the molecule is O=C(NCCc1ccc(OC(F)(F)F)cc1)c1ccc(S(=O)(=O)C(F)F)cc1. The third kappa shape index (κ3) is 5.91. The molecule has 0 unspecified atom stereocenters. The van der Waals surface area contributed by atoms with Crippen molar-refractivity contribution in [2.45, 2.75) is 23.4 Å². The normalized spacial score (nSPS) is 12.1. The Balaban J connectivity index is 1.89. The summed E-state index contributed by atoms with van der Waals surface area (Å²) in [5.41, 5.74) is 0.718. The first kappa shape index (κ1) is 21.6. The van der Waals surface area contributed by atoms with Gasteiger partial charge in [-0.1, -0.05) is 12.1 Å². The van der Waals surface area contributed by atoms with E-state index in [0.29, 0.717) is 12.0 Å². The van der Waals surface area contributed by atoms with Gasteiger partial charge in [0, 0.05) is 12.1 Å². The zero-order valence-electron chi connectivity index (χ0n) is 14.0. The van der Waals surface area contributed by atoms with E-state index in [0.717, 1.165) is 36.4 Å². The highest BCUT2D eigenvalue weighted by molar-refractivity contribution is 7.91. The molecule has 0 aliphatic carbocycles. The van der Waals surface area contributed by atoms with Crippen LogP contribution in [0.25, 0.3) is 0 Å². The van der Waals surface area contributed by atoms with Gasteiger partial charge in [0.1, 0.15) is 5.75 Å². The molecule has 2 aromatic rings. The topological polar surface area (TPSA) is 72.5 Å². The van der Waals surface area contributed by atoms with Crippen LogP contribution in [0.15, 0.2) is 53.4 Å². The lowest BCUT2D eigenvalue weighted by Gasteiger charge is -2.10. The first-order chi connectivity index (χ1) is 13.0. The Bertz CT molecular complexity index is 910. The van der Waals surface area contributed by atoms with E-state index in [4.69, 9.17) is 0 Å². The molecule has 0 radical (unpaired) electrons. The average Bonchev–Trinajstić information content (AvgIpc) is 2.62. The summed E-state index contributed by atoms with van der Waals surface area (Å²) in [5.74, 6) is -4.47. The molecule has 1 N–H and O–H groups in total. The summed E-state index contributed by atoms with van der Waals surface area (Å²) in [6.07, 6.45) is -4.46. The molecule has 0 bridgehead atoms. The molecule has 0 fully saturated rings. The van der Waals surface area contributed by atoms with Crippen molar-refractivity contribution in [3.8, 4) is 5.75 Å². The summed E-state index contributed by atoms with van der Waals surface area (Å²) in [7, 11) is -4.73. The van der Waals surface area contributed by atoms with Crippen molar-refractivity contribution in [3.63, 3.8) is 0 Å². The van der Waals surface area contributed by atoms with Crippen LogP contribution in [-0.2, 0) is 16.3 Å². The monoisotopic (exact) mass is 423 g/mol. The van der Waals surface area contributed by atoms with E-state index >= 15 is 0 Å². The molecule has 0 aromatic heterocycles. The van der Waals surface area contributed by atoms with Gasteiger partial charge in [0.15, 0.2) is 0 Å². The number of rotatable bonds is 7. The molecule has 11 heteroatoms. The Morgan fingerprint density at radius 1 is 1.00 bits per heavy atom. The molecule has 2 aromatic carbocycles. The molecular weight excluding hydrogens is 409 g/mol. The number of halogens is 5. The number of sulfone groups is 1. The summed E-state index contributed by atoms with van der Waals surface area (Å²) in [6, 6.07) is 9.15. The quantitative estimate of drug-likeness (QED) is 0.692. The predicted molar refractivity (Wildman–Crippen MR) is 88.8 cm³/mol. The van der Waals surface area contributed by atoms with Gasteiger partial charge < -0.3 is 10.1 Å². The maximum absolute atomic E-state index is 12.5. The maximum Gasteiger partial charge on any atom is 0.573 e. The largest absolute Gasteiger partial charge is 0.573 e. The van der Waals surface area contributed by atoms with Gasteiger partial charge in [0.05, 0.1) is 4.90 Å². The Labute approximate surface area is 157 Å². The van der Waals surface area contributed by atoms with Crippen molar-refractivity contribution in [3.05, 3.63) is 59.7 Å². The summed E-state index contributed by atoms with van der Waals surface area (Å²) in [4.78, 5) is 11.4. The standard InChI is InChI=1S/C17H14F5NO4S/c18-16(19)28(25,26)14-7-3-12(4-8-14)15(24)23-10-9-11-1-5-13(6-2-11)27-17(20,21)22/h1-8,16H,9-10H2,(H,23,24). The van der Waals surface area contributed by atoms with Crippen molar-refractivity contribution in [2.24, 2.45) is 0 Å². The van der Waals surface area contributed by atoms with Crippen molar-refractivity contribution in [1.29, 1.82) is 0 Å². The Morgan fingerprint density at radius 2 is 1.57 bits per heavy atom. The van der Waals surface area contributed by atoms with Crippen LogP contribution in [0, 0.1) is 0 Å². The Hall–Kier alpha value is -2.69. The molecular formula is C17H14F5NO4S. The number of hydrogen-bond donors (Lipinski definition) is 1. The average molecular weight is 423 g/mol. The van der Waals surface area contributed by atoms with Gasteiger partial charge in [0.2, 0.25) is 9.84 Å². The van der Waals surface area contributed by atoms with Gasteiger partial charge in [0.25, 0.3) is 5.91 Å². The van der Waals surface area contributed by atoms with Crippen LogP contribution in [0.3, 0.4) is 0 Å². The molecule has 0 saturated heterocycles. The van der Waals surface area contributed by atoms with Crippen LogP contribution in [-0.4, -0.2) is 33.0 Å². The Kier molecular flexibility index (Phi) is 6.60. The third-order valence-electron chi connectivity index (χ3n) is 3.54. The first-order valence-corrected chi connectivity index (χ1v) is 9.29. The van der Waals surface area contributed by atoms with E-state index < -0.39 is 32.8 Å². The second kappa shape index (κ2) is 8.55. The molecule has 28 heavy (non-hydrogen) atoms. The van der Waals surface area contributed by atoms with Gasteiger partial charge in [-0.3, -0.25) is 4.79 Å². The fraction of sp³-hybridized carbons (Fsp3) is 0.235. The minimum Gasteiger partial charge on any atom is -0.406 e.